The molecule has 0 radical (unpaired) electrons. The summed E-state index contributed by atoms with van der Waals surface area (Å²) in [6.07, 6.45) is 2.62. The molecule has 0 aromatic heterocycles. The number of carbonyl (C=O) groups excluding carboxylic acids is 1. The molecule has 114 valence electrons. The van der Waals surface area contributed by atoms with E-state index < -0.39 is 9.05 Å². The van der Waals surface area contributed by atoms with Gasteiger partial charge in [-0.15, -0.1) is 0 Å². The maximum absolute atomic E-state index is 12.6. The van der Waals surface area contributed by atoms with Gasteiger partial charge >= 0.3 is 0 Å². The highest BCUT2D eigenvalue weighted by Crippen LogP contribution is 2.37. The highest BCUT2D eigenvalue weighted by molar-refractivity contribution is 8.13. The SMILES string of the molecule is O=C(C1CCOc2ccc(S(=O)(=O)Cl)cc21)N1CCCC1. The first kappa shape index (κ1) is 14.7. The van der Waals surface area contributed by atoms with Crippen molar-refractivity contribution in [3.63, 3.8) is 0 Å². The first-order valence-corrected chi connectivity index (χ1v) is 9.28. The standard InChI is InChI=1S/C14H16ClNO4S/c15-21(18,19)10-3-4-13-12(9-10)11(5-8-20-13)14(17)16-6-1-2-7-16/h3-4,9,11H,1-2,5-8H2. The fraction of sp³-hybridized carbons (Fsp3) is 0.500. The average molecular weight is 330 g/mol. The minimum absolute atomic E-state index is 0.00707. The molecule has 0 saturated carbocycles. The van der Waals surface area contributed by atoms with Crippen LogP contribution in [0.5, 0.6) is 5.75 Å². The monoisotopic (exact) mass is 329 g/mol. The quantitative estimate of drug-likeness (QED) is 0.779. The number of benzene rings is 1. The Balaban J connectivity index is 1.97. The van der Waals surface area contributed by atoms with Crippen LogP contribution in [0.15, 0.2) is 23.1 Å². The summed E-state index contributed by atoms with van der Waals surface area (Å²) in [5.74, 6) is 0.286. The van der Waals surface area contributed by atoms with E-state index in [-0.39, 0.29) is 16.7 Å². The lowest BCUT2D eigenvalue weighted by Gasteiger charge is -2.28. The largest absolute Gasteiger partial charge is 0.493 e. The third-order valence-corrected chi connectivity index (χ3v) is 5.37. The van der Waals surface area contributed by atoms with E-state index in [2.05, 4.69) is 0 Å². The molecule has 0 bridgehead atoms. The molecule has 1 fully saturated rings. The van der Waals surface area contributed by atoms with Crippen molar-refractivity contribution in [3.05, 3.63) is 23.8 Å². The molecule has 0 N–H and O–H groups in total. The second kappa shape index (κ2) is 5.50. The number of amides is 1. The molecule has 1 amide bonds. The van der Waals surface area contributed by atoms with Crippen LogP contribution >= 0.6 is 10.7 Å². The summed E-state index contributed by atoms with van der Waals surface area (Å²) >= 11 is 0. The van der Waals surface area contributed by atoms with Gasteiger partial charge in [0.25, 0.3) is 9.05 Å². The van der Waals surface area contributed by atoms with Gasteiger partial charge in [0.1, 0.15) is 5.75 Å². The van der Waals surface area contributed by atoms with E-state index in [1.807, 2.05) is 4.90 Å². The molecular formula is C14H16ClNO4S. The maximum atomic E-state index is 12.6. The number of nitrogens with zero attached hydrogens (tertiary/aromatic N) is 1. The molecule has 21 heavy (non-hydrogen) atoms. The fourth-order valence-electron chi connectivity index (χ4n) is 2.94. The molecule has 2 aliphatic rings. The van der Waals surface area contributed by atoms with Crippen LogP contribution in [0.2, 0.25) is 0 Å². The third kappa shape index (κ3) is 2.87. The molecule has 5 nitrogen and oxygen atoms in total. The molecule has 2 aliphatic heterocycles. The molecule has 2 heterocycles. The highest BCUT2D eigenvalue weighted by atomic mass is 35.7. The summed E-state index contributed by atoms with van der Waals surface area (Å²) in [5.41, 5.74) is 0.625. The van der Waals surface area contributed by atoms with Crippen molar-refractivity contribution >= 4 is 25.6 Å². The topological polar surface area (TPSA) is 63.7 Å². The average Bonchev–Trinajstić information content (AvgIpc) is 2.98. The highest BCUT2D eigenvalue weighted by Gasteiger charge is 2.33. The number of ether oxygens (including phenoxy) is 1. The Morgan fingerprint density at radius 1 is 1.29 bits per heavy atom. The van der Waals surface area contributed by atoms with Crippen molar-refractivity contribution in [3.8, 4) is 5.75 Å². The number of halogens is 1. The van der Waals surface area contributed by atoms with Crippen molar-refractivity contribution < 1.29 is 17.9 Å². The van der Waals surface area contributed by atoms with E-state index in [4.69, 9.17) is 15.4 Å². The number of hydrogen-bond donors (Lipinski definition) is 0. The fourth-order valence-corrected chi connectivity index (χ4v) is 3.72. The van der Waals surface area contributed by atoms with Gasteiger partial charge in [-0.1, -0.05) is 0 Å². The Hall–Kier alpha value is -1.27. The predicted octanol–water partition coefficient (Wildman–Crippen LogP) is 2.10. The molecule has 1 atom stereocenters. The van der Waals surface area contributed by atoms with E-state index >= 15 is 0 Å². The zero-order valence-electron chi connectivity index (χ0n) is 11.4. The normalized spacial score (nSPS) is 21.8. The number of fused-ring (bicyclic) bond motifs is 1. The summed E-state index contributed by atoms with van der Waals surface area (Å²) < 4.78 is 28.5. The molecule has 1 aromatic rings. The molecule has 7 heteroatoms. The minimum atomic E-state index is -3.81. The molecule has 1 unspecified atom stereocenters. The number of carbonyl (C=O) groups is 1. The molecule has 0 aliphatic carbocycles. The lowest BCUT2D eigenvalue weighted by molar-refractivity contribution is -0.132. The van der Waals surface area contributed by atoms with Crippen molar-refractivity contribution in [2.24, 2.45) is 0 Å². The molecule has 1 aromatic carbocycles. The second-order valence-electron chi connectivity index (χ2n) is 5.36. The van der Waals surface area contributed by atoms with Crippen LogP contribution < -0.4 is 4.74 Å². The summed E-state index contributed by atoms with van der Waals surface area (Å²) in [5, 5.41) is 0. The molecule has 1 saturated heterocycles. The van der Waals surface area contributed by atoms with Crippen molar-refractivity contribution in [1.82, 2.24) is 4.90 Å². The first-order valence-electron chi connectivity index (χ1n) is 6.97. The Kier molecular flexibility index (Phi) is 3.84. The molecular weight excluding hydrogens is 314 g/mol. The van der Waals surface area contributed by atoms with Crippen LogP contribution in [-0.4, -0.2) is 38.9 Å². The van der Waals surface area contributed by atoms with Crippen LogP contribution in [-0.2, 0) is 13.8 Å². The lowest BCUT2D eigenvalue weighted by atomic mass is 9.92. The van der Waals surface area contributed by atoms with Gasteiger partial charge in [0.05, 0.1) is 17.4 Å². The van der Waals surface area contributed by atoms with E-state index in [0.717, 1.165) is 25.9 Å². The van der Waals surface area contributed by atoms with E-state index in [1.165, 1.54) is 12.1 Å². The Morgan fingerprint density at radius 3 is 2.67 bits per heavy atom. The predicted molar refractivity (Wildman–Crippen MR) is 78.1 cm³/mol. The summed E-state index contributed by atoms with van der Waals surface area (Å²) in [6, 6.07) is 4.45. The molecule has 0 spiro atoms. The number of rotatable bonds is 2. The van der Waals surface area contributed by atoms with Crippen LogP contribution in [0.1, 0.15) is 30.7 Å². The van der Waals surface area contributed by atoms with Gasteiger partial charge in [-0.25, -0.2) is 8.42 Å². The van der Waals surface area contributed by atoms with Crippen molar-refractivity contribution in [1.29, 1.82) is 0 Å². The Labute approximate surface area is 128 Å². The van der Waals surface area contributed by atoms with Gasteiger partial charge in [0.15, 0.2) is 0 Å². The van der Waals surface area contributed by atoms with Crippen molar-refractivity contribution in [2.75, 3.05) is 19.7 Å². The zero-order chi connectivity index (χ0) is 15.0. The summed E-state index contributed by atoms with van der Waals surface area (Å²) in [7, 11) is 1.58. The van der Waals surface area contributed by atoms with E-state index in [0.29, 0.717) is 24.3 Å². The molecule has 3 rings (SSSR count). The Morgan fingerprint density at radius 2 is 2.00 bits per heavy atom. The smallest absolute Gasteiger partial charge is 0.261 e. The van der Waals surface area contributed by atoms with E-state index in [9.17, 15) is 13.2 Å². The van der Waals surface area contributed by atoms with Gasteiger partial charge in [0, 0.05) is 29.3 Å². The first-order chi connectivity index (χ1) is 9.97. The summed E-state index contributed by atoms with van der Waals surface area (Å²) in [6.45, 7) is 2.02. The van der Waals surface area contributed by atoms with Crippen LogP contribution in [0.25, 0.3) is 0 Å². The van der Waals surface area contributed by atoms with Gasteiger partial charge in [0.2, 0.25) is 5.91 Å². The van der Waals surface area contributed by atoms with Crippen LogP contribution in [0, 0.1) is 0 Å². The van der Waals surface area contributed by atoms with Crippen LogP contribution in [0.4, 0.5) is 0 Å². The zero-order valence-corrected chi connectivity index (χ0v) is 13.0. The van der Waals surface area contributed by atoms with Gasteiger partial charge < -0.3 is 9.64 Å². The number of likely N-dealkylation sites (tertiary alicyclic amines) is 1. The van der Waals surface area contributed by atoms with Crippen LogP contribution in [0.3, 0.4) is 0 Å². The second-order valence-corrected chi connectivity index (χ2v) is 7.93. The van der Waals surface area contributed by atoms with Gasteiger partial charge in [-0.05, 0) is 37.5 Å². The third-order valence-electron chi connectivity index (χ3n) is 4.02. The van der Waals surface area contributed by atoms with Gasteiger partial charge in [-0.3, -0.25) is 4.79 Å². The maximum Gasteiger partial charge on any atom is 0.261 e. The number of hydrogen-bond acceptors (Lipinski definition) is 4. The Bertz CT molecular complexity index is 668. The van der Waals surface area contributed by atoms with Crippen molar-refractivity contribution in [2.45, 2.75) is 30.1 Å². The van der Waals surface area contributed by atoms with E-state index in [1.54, 1.807) is 6.07 Å². The minimum Gasteiger partial charge on any atom is -0.493 e. The lowest BCUT2D eigenvalue weighted by Crippen LogP contribution is -2.35. The van der Waals surface area contributed by atoms with Gasteiger partial charge in [-0.2, -0.15) is 0 Å². The summed E-state index contributed by atoms with van der Waals surface area (Å²) in [4.78, 5) is 14.5.